The van der Waals surface area contributed by atoms with Crippen molar-refractivity contribution in [3.8, 4) is 11.5 Å². The van der Waals surface area contributed by atoms with Crippen molar-refractivity contribution in [1.82, 2.24) is 9.55 Å². The van der Waals surface area contributed by atoms with Crippen LogP contribution in [-0.2, 0) is 17.8 Å². The molecule has 0 aliphatic rings. The molecule has 0 saturated heterocycles. The van der Waals surface area contributed by atoms with Gasteiger partial charge in [-0.2, -0.15) is 0 Å². The summed E-state index contributed by atoms with van der Waals surface area (Å²) in [6.45, 7) is 0.547. The van der Waals surface area contributed by atoms with E-state index in [0.717, 1.165) is 16.8 Å². The monoisotopic (exact) mass is 470 g/mol. The number of imidazole rings is 1. The van der Waals surface area contributed by atoms with E-state index in [1.165, 1.54) is 0 Å². The number of hydrogen-bond acceptors (Lipinski definition) is 5. The van der Waals surface area contributed by atoms with Gasteiger partial charge in [-0.05, 0) is 47.5 Å². The van der Waals surface area contributed by atoms with Gasteiger partial charge in [-0.15, -0.1) is 0 Å². The minimum Gasteiger partial charge on any atom is -0.493 e. The fraction of sp³-hybridized carbons (Fsp3) is 0.148. The highest BCUT2D eigenvalue weighted by Gasteiger charge is 2.11. The molecule has 0 unspecified atom stereocenters. The van der Waals surface area contributed by atoms with Gasteiger partial charge in [-0.1, -0.05) is 36.4 Å². The van der Waals surface area contributed by atoms with Gasteiger partial charge in [-0.3, -0.25) is 9.59 Å². The molecule has 178 valence electrons. The van der Waals surface area contributed by atoms with Crippen molar-refractivity contribution in [3.05, 3.63) is 102 Å². The second-order valence-corrected chi connectivity index (χ2v) is 7.86. The second-order valence-electron chi connectivity index (χ2n) is 7.86. The molecule has 3 aromatic carbocycles. The van der Waals surface area contributed by atoms with Crippen LogP contribution in [-0.4, -0.2) is 35.6 Å². The predicted octanol–water partition coefficient (Wildman–Crippen LogP) is 4.38. The van der Waals surface area contributed by atoms with Crippen molar-refractivity contribution in [2.24, 2.45) is 0 Å². The van der Waals surface area contributed by atoms with Gasteiger partial charge in [0, 0.05) is 24.1 Å². The highest BCUT2D eigenvalue weighted by Crippen LogP contribution is 2.27. The van der Waals surface area contributed by atoms with E-state index in [1.54, 1.807) is 38.9 Å². The third-order valence-electron chi connectivity index (χ3n) is 5.31. The number of hydrogen-bond donors (Lipinski definition) is 2. The first kappa shape index (κ1) is 23.6. The van der Waals surface area contributed by atoms with Gasteiger partial charge in [0.15, 0.2) is 11.5 Å². The number of nitrogens with one attached hydrogen (secondary N) is 2. The Bertz CT molecular complexity index is 1300. The lowest BCUT2D eigenvalue weighted by Crippen LogP contribution is -2.14. The van der Waals surface area contributed by atoms with Crippen molar-refractivity contribution < 1.29 is 19.1 Å². The summed E-state index contributed by atoms with van der Waals surface area (Å²) in [6, 6.07) is 22.2. The molecular weight excluding hydrogens is 444 g/mol. The number of methoxy groups -OCH3 is 2. The van der Waals surface area contributed by atoms with E-state index < -0.39 is 0 Å². The Labute approximate surface area is 203 Å². The van der Waals surface area contributed by atoms with Crippen LogP contribution in [0.1, 0.15) is 21.6 Å². The minimum atomic E-state index is -0.262. The Morgan fingerprint density at radius 2 is 1.51 bits per heavy atom. The highest BCUT2D eigenvalue weighted by atomic mass is 16.5. The first-order chi connectivity index (χ1) is 17.0. The summed E-state index contributed by atoms with van der Waals surface area (Å²) < 4.78 is 12.4. The molecule has 0 fully saturated rings. The summed E-state index contributed by atoms with van der Waals surface area (Å²) in [7, 11) is 3.13. The maximum absolute atomic E-state index is 12.5. The van der Waals surface area contributed by atoms with E-state index >= 15 is 0 Å². The molecule has 8 nitrogen and oxygen atoms in total. The molecule has 0 aliphatic heterocycles. The van der Waals surface area contributed by atoms with Crippen LogP contribution in [0.15, 0.2) is 85.3 Å². The normalized spacial score (nSPS) is 10.5. The fourth-order valence-corrected chi connectivity index (χ4v) is 3.57. The number of nitrogens with zero attached hydrogens (tertiary/aromatic N) is 2. The fourth-order valence-electron chi connectivity index (χ4n) is 3.57. The molecule has 35 heavy (non-hydrogen) atoms. The van der Waals surface area contributed by atoms with Gasteiger partial charge in [-0.25, -0.2) is 4.98 Å². The maximum Gasteiger partial charge on any atom is 0.275 e. The summed E-state index contributed by atoms with van der Waals surface area (Å²) >= 11 is 0. The number of ether oxygens (including phenoxy) is 2. The van der Waals surface area contributed by atoms with Crippen molar-refractivity contribution in [3.63, 3.8) is 0 Å². The van der Waals surface area contributed by atoms with Crippen LogP contribution in [0, 0.1) is 0 Å². The standard InChI is InChI=1S/C27H26N4O4/c1-34-24-13-10-20(14-25(24)35-2)15-26(32)29-22-11-8-19(9-12-22)16-31-17-23(28-18-31)27(33)30-21-6-4-3-5-7-21/h3-14,17-18H,15-16H2,1-2H3,(H,29,32)(H,30,33). The number of carbonyl (C=O) groups excluding carboxylic acids is 2. The van der Waals surface area contributed by atoms with Crippen LogP contribution in [0.3, 0.4) is 0 Å². The van der Waals surface area contributed by atoms with Crippen molar-refractivity contribution in [1.29, 1.82) is 0 Å². The SMILES string of the molecule is COc1ccc(CC(=O)Nc2ccc(Cn3cnc(C(=O)Nc4ccccc4)c3)cc2)cc1OC. The smallest absolute Gasteiger partial charge is 0.275 e. The molecule has 0 bridgehead atoms. The summed E-state index contributed by atoms with van der Waals surface area (Å²) in [5.74, 6) is 0.813. The highest BCUT2D eigenvalue weighted by molar-refractivity contribution is 6.02. The molecule has 2 N–H and O–H groups in total. The number of aromatic nitrogens is 2. The molecule has 0 saturated carbocycles. The summed E-state index contributed by atoms with van der Waals surface area (Å²) in [6.07, 6.45) is 3.54. The molecule has 0 aliphatic carbocycles. The first-order valence-electron chi connectivity index (χ1n) is 11.0. The van der Waals surface area contributed by atoms with E-state index in [0.29, 0.717) is 29.4 Å². The van der Waals surface area contributed by atoms with Gasteiger partial charge >= 0.3 is 0 Å². The molecule has 4 aromatic rings. The second kappa shape index (κ2) is 11.0. The van der Waals surface area contributed by atoms with Gasteiger partial charge in [0.2, 0.25) is 5.91 Å². The molecule has 0 atom stereocenters. The van der Waals surface area contributed by atoms with Gasteiger partial charge in [0.1, 0.15) is 5.69 Å². The van der Waals surface area contributed by atoms with E-state index in [-0.39, 0.29) is 18.2 Å². The average molecular weight is 471 g/mol. The van der Waals surface area contributed by atoms with E-state index in [1.807, 2.05) is 65.2 Å². The molecule has 1 aromatic heterocycles. The van der Waals surface area contributed by atoms with Crippen molar-refractivity contribution in [2.75, 3.05) is 24.9 Å². The lowest BCUT2D eigenvalue weighted by atomic mass is 10.1. The van der Waals surface area contributed by atoms with E-state index in [2.05, 4.69) is 15.6 Å². The van der Waals surface area contributed by atoms with Crippen LogP contribution >= 0.6 is 0 Å². The number of rotatable bonds is 9. The van der Waals surface area contributed by atoms with Gasteiger partial charge in [0.05, 0.1) is 27.0 Å². The number of benzene rings is 3. The quantitative estimate of drug-likeness (QED) is 0.379. The molecule has 4 rings (SSSR count). The Kier molecular flexibility index (Phi) is 7.42. The Morgan fingerprint density at radius 1 is 0.829 bits per heavy atom. The molecule has 0 radical (unpaired) electrons. The predicted molar refractivity (Wildman–Crippen MR) is 134 cm³/mol. The third-order valence-corrected chi connectivity index (χ3v) is 5.31. The van der Waals surface area contributed by atoms with Crippen molar-refractivity contribution >= 4 is 23.2 Å². The number of carbonyl (C=O) groups is 2. The lowest BCUT2D eigenvalue weighted by molar-refractivity contribution is -0.115. The first-order valence-corrected chi connectivity index (χ1v) is 11.0. The topological polar surface area (TPSA) is 94.5 Å². The molecule has 1 heterocycles. The third kappa shape index (κ3) is 6.26. The zero-order valence-electron chi connectivity index (χ0n) is 19.5. The van der Waals surface area contributed by atoms with Gasteiger partial charge < -0.3 is 24.7 Å². The number of para-hydroxylation sites is 1. The molecule has 2 amide bonds. The molecule has 0 spiro atoms. The zero-order chi connectivity index (χ0) is 24.6. The van der Waals surface area contributed by atoms with E-state index in [9.17, 15) is 9.59 Å². The summed E-state index contributed by atoms with van der Waals surface area (Å²) in [4.78, 5) is 29.1. The van der Waals surface area contributed by atoms with Crippen LogP contribution in [0.4, 0.5) is 11.4 Å². The van der Waals surface area contributed by atoms with Crippen molar-refractivity contribution in [2.45, 2.75) is 13.0 Å². The largest absolute Gasteiger partial charge is 0.493 e. The van der Waals surface area contributed by atoms with Gasteiger partial charge in [0.25, 0.3) is 5.91 Å². The Morgan fingerprint density at radius 3 is 2.23 bits per heavy atom. The lowest BCUT2D eigenvalue weighted by Gasteiger charge is -2.10. The van der Waals surface area contributed by atoms with E-state index in [4.69, 9.17) is 9.47 Å². The summed E-state index contributed by atoms with van der Waals surface area (Å²) in [5.41, 5.74) is 3.59. The summed E-state index contributed by atoms with van der Waals surface area (Å²) in [5, 5.41) is 5.73. The maximum atomic E-state index is 12.5. The number of anilines is 2. The molecule has 8 heteroatoms. The van der Waals surface area contributed by atoms with Crippen LogP contribution < -0.4 is 20.1 Å². The minimum absolute atomic E-state index is 0.131. The van der Waals surface area contributed by atoms with Crippen LogP contribution in [0.5, 0.6) is 11.5 Å². The number of amides is 2. The molecular formula is C27H26N4O4. The van der Waals surface area contributed by atoms with Crippen LogP contribution in [0.2, 0.25) is 0 Å². The average Bonchev–Trinajstić information content (AvgIpc) is 3.34. The zero-order valence-corrected chi connectivity index (χ0v) is 19.5. The Balaban J connectivity index is 1.31. The Hall–Kier alpha value is -4.59. The van der Waals surface area contributed by atoms with Crippen LogP contribution in [0.25, 0.3) is 0 Å².